The van der Waals surface area contributed by atoms with Crippen LogP contribution in [0.5, 0.6) is 17.2 Å². The van der Waals surface area contributed by atoms with Crippen molar-refractivity contribution in [2.75, 3.05) is 17.7 Å². The summed E-state index contributed by atoms with van der Waals surface area (Å²) in [4.78, 5) is 4.36. The number of hydrogen-bond acceptors (Lipinski definition) is 6. The number of furan rings is 1. The van der Waals surface area contributed by atoms with Crippen molar-refractivity contribution in [3.05, 3.63) is 65.2 Å². The highest BCUT2D eigenvalue weighted by atomic mass is 32.2. The molecule has 31 heavy (non-hydrogen) atoms. The van der Waals surface area contributed by atoms with Gasteiger partial charge in [0.05, 0.1) is 6.54 Å². The predicted octanol–water partition coefficient (Wildman–Crippen LogP) is 3.74. The molecule has 0 amide bonds. The number of anilines is 1. The number of rotatable bonds is 2. The molecule has 0 radical (unpaired) electrons. The zero-order valence-electron chi connectivity index (χ0n) is 15.6. The van der Waals surface area contributed by atoms with Gasteiger partial charge in [0.25, 0.3) is 0 Å². The van der Waals surface area contributed by atoms with Crippen LogP contribution in [0.2, 0.25) is 0 Å². The van der Waals surface area contributed by atoms with Gasteiger partial charge < -0.3 is 18.6 Å². The second kappa shape index (κ2) is 6.16. The van der Waals surface area contributed by atoms with Crippen LogP contribution in [0, 0.1) is 0 Å². The Balaban J connectivity index is 1.44. The molecule has 2 unspecified atom stereocenters. The van der Waals surface area contributed by atoms with E-state index in [1.807, 2.05) is 0 Å². The maximum absolute atomic E-state index is 13.8. The molecule has 7 nitrogen and oxygen atoms in total. The molecule has 3 aliphatic heterocycles. The summed E-state index contributed by atoms with van der Waals surface area (Å²) >= 11 is 0. The lowest BCUT2D eigenvalue weighted by Gasteiger charge is -2.23. The normalized spacial score (nSPS) is 23.2. The number of benzene rings is 1. The standard InChI is InChI=1S/C20H13F3N2O5S/c21-20(22,23)17-4-3-11(30-17)8-25-18-12(2-1-5-24-18)19(31(25)26)9-27-14-7-16-15(6-13(14)19)28-10-29-16/h1-7H,8-10H2. The summed E-state index contributed by atoms with van der Waals surface area (Å²) in [6.45, 7) is 0.0198. The van der Waals surface area contributed by atoms with Crippen LogP contribution in [0.4, 0.5) is 19.0 Å². The molecule has 0 saturated heterocycles. The van der Waals surface area contributed by atoms with Gasteiger partial charge >= 0.3 is 6.18 Å². The highest BCUT2D eigenvalue weighted by Crippen LogP contribution is 2.56. The zero-order chi connectivity index (χ0) is 21.4. The Hall–Kier alpha value is -3.21. The molecule has 0 bridgehead atoms. The van der Waals surface area contributed by atoms with Gasteiger partial charge in [-0.2, -0.15) is 13.2 Å². The SMILES string of the molecule is O=S1N(Cc2ccc(C(F)(F)F)o2)c2ncccc2C12COc1cc3c(cc12)OCO3. The number of ether oxygens (including phenoxy) is 3. The fraction of sp³-hybridized carbons (Fsp3) is 0.250. The van der Waals surface area contributed by atoms with Crippen LogP contribution >= 0.6 is 0 Å². The van der Waals surface area contributed by atoms with E-state index < -0.39 is 27.7 Å². The van der Waals surface area contributed by atoms with Crippen LogP contribution < -0.4 is 18.5 Å². The van der Waals surface area contributed by atoms with Gasteiger partial charge in [-0.1, -0.05) is 6.07 Å². The Kier molecular flexibility index (Phi) is 3.69. The number of pyridine rings is 1. The van der Waals surface area contributed by atoms with Gasteiger partial charge in [-0.15, -0.1) is 0 Å². The molecule has 3 aliphatic rings. The number of fused-ring (bicyclic) bond motifs is 5. The van der Waals surface area contributed by atoms with Crippen LogP contribution in [0.15, 0.2) is 47.0 Å². The van der Waals surface area contributed by atoms with Gasteiger partial charge in [-0.05, 0) is 24.3 Å². The first-order valence-electron chi connectivity index (χ1n) is 9.26. The van der Waals surface area contributed by atoms with E-state index in [-0.39, 0.29) is 25.7 Å². The summed E-state index contributed by atoms with van der Waals surface area (Å²) in [7, 11) is -1.75. The van der Waals surface area contributed by atoms with Gasteiger partial charge in [-0.3, -0.25) is 4.31 Å². The van der Waals surface area contributed by atoms with E-state index in [4.69, 9.17) is 18.6 Å². The summed E-state index contributed by atoms with van der Waals surface area (Å²) < 4.78 is 74.7. The first-order chi connectivity index (χ1) is 14.9. The number of alkyl halides is 3. The molecule has 0 fully saturated rings. The van der Waals surface area contributed by atoms with Crippen molar-refractivity contribution in [3.8, 4) is 17.2 Å². The monoisotopic (exact) mass is 450 g/mol. The third-order valence-electron chi connectivity index (χ3n) is 5.54. The minimum absolute atomic E-state index is 0.0270. The minimum atomic E-state index is -4.60. The molecule has 11 heteroatoms. The van der Waals surface area contributed by atoms with Crippen molar-refractivity contribution < 1.29 is 36.0 Å². The predicted molar refractivity (Wildman–Crippen MR) is 101 cm³/mol. The average molecular weight is 450 g/mol. The third kappa shape index (κ3) is 2.52. The Morgan fingerprint density at radius 1 is 1.06 bits per heavy atom. The van der Waals surface area contributed by atoms with Gasteiger partial charge in [-0.25, -0.2) is 9.19 Å². The molecule has 5 heterocycles. The van der Waals surface area contributed by atoms with E-state index in [1.165, 1.54) is 10.4 Å². The van der Waals surface area contributed by atoms with Crippen molar-refractivity contribution in [2.45, 2.75) is 17.5 Å². The van der Waals surface area contributed by atoms with E-state index in [2.05, 4.69) is 4.98 Å². The van der Waals surface area contributed by atoms with Crippen LogP contribution in [0.25, 0.3) is 0 Å². The molecule has 1 aromatic carbocycles. The van der Waals surface area contributed by atoms with Crippen LogP contribution in [0.3, 0.4) is 0 Å². The summed E-state index contributed by atoms with van der Waals surface area (Å²) in [5.74, 6) is 0.903. The van der Waals surface area contributed by atoms with Gasteiger partial charge in [0.1, 0.15) is 34.9 Å². The largest absolute Gasteiger partial charge is 0.491 e. The Morgan fingerprint density at radius 2 is 1.87 bits per heavy atom. The highest BCUT2D eigenvalue weighted by Gasteiger charge is 2.57. The number of aromatic nitrogens is 1. The number of nitrogens with zero attached hydrogens (tertiary/aromatic N) is 2. The van der Waals surface area contributed by atoms with E-state index in [9.17, 15) is 17.4 Å². The van der Waals surface area contributed by atoms with Crippen LogP contribution in [-0.2, 0) is 28.5 Å². The molecule has 6 rings (SSSR count). The molecule has 0 saturated carbocycles. The minimum Gasteiger partial charge on any atom is -0.491 e. The summed E-state index contributed by atoms with van der Waals surface area (Å²) in [5, 5.41) is 0. The van der Waals surface area contributed by atoms with Gasteiger partial charge in [0.2, 0.25) is 12.6 Å². The topological polar surface area (TPSA) is 74.0 Å². The molecule has 2 aromatic heterocycles. The van der Waals surface area contributed by atoms with Crippen LogP contribution in [-0.4, -0.2) is 22.6 Å². The van der Waals surface area contributed by atoms with Gasteiger partial charge in [0, 0.05) is 23.4 Å². The summed E-state index contributed by atoms with van der Waals surface area (Å²) in [6.07, 6.45) is -3.05. The van der Waals surface area contributed by atoms with E-state index >= 15 is 0 Å². The molecule has 0 N–H and O–H groups in total. The number of hydrogen-bond donors (Lipinski definition) is 0. The van der Waals surface area contributed by atoms with Crippen molar-refractivity contribution in [2.24, 2.45) is 0 Å². The number of halogens is 3. The van der Waals surface area contributed by atoms with E-state index in [0.717, 1.165) is 6.07 Å². The average Bonchev–Trinajstić information content (AvgIpc) is 3.50. The lowest BCUT2D eigenvalue weighted by Crippen LogP contribution is -2.36. The fourth-order valence-electron chi connectivity index (χ4n) is 4.14. The summed E-state index contributed by atoms with van der Waals surface area (Å²) in [5.41, 5.74) is 1.32. The van der Waals surface area contributed by atoms with Crippen molar-refractivity contribution >= 4 is 16.8 Å². The summed E-state index contributed by atoms with van der Waals surface area (Å²) in [6, 6.07) is 9.05. The Bertz CT molecular complexity index is 1240. The fourth-order valence-corrected chi connectivity index (χ4v) is 5.92. The second-order valence-electron chi connectivity index (χ2n) is 7.24. The van der Waals surface area contributed by atoms with E-state index in [1.54, 1.807) is 30.5 Å². The highest BCUT2D eigenvalue weighted by molar-refractivity contribution is 7.88. The quantitative estimate of drug-likeness (QED) is 0.592. The van der Waals surface area contributed by atoms with Crippen molar-refractivity contribution in [1.82, 2.24) is 4.98 Å². The van der Waals surface area contributed by atoms with Crippen LogP contribution in [0.1, 0.15) is 22.6 Å². The molecule has 2 atom stereocenters. The Morgan fingerprint density at radius 3 is 2.65 bits per heavy atom. The first-order valence-corrected chi connectivity index (χ1v) is 10.4. The lowest BCUT2D eigenvalue weighted by atomic mass is 9.92. The van der Waals surface area contributed by atoms with Crippen molar-refractivity contribution in [3.63, 3.8) is 0 Å². The maximum Gasteiger partial charge on any atom is 0.449 e. The Labute approximate surface area is 175 Å². The first kappa shape index (κ1) is 18.6. The smallest absolute Gasteiger partial charge is 0.449 e. The third-order valence-corrected chi connectivity index (χ3v) is 7.39. The molecule has 3 aromatic rings. The molecule has 0 aliphatic carbocycles. The molecular formula is C20H13F3N2O5S. The van der Waals surface area contributed by atoms with E-state index in [0.29, 0.717) is 34.2 Å². The zero-order valence-corrected chi connectivity index (χ0v) is 16.5. The molecule has 1 spiro atoms. The molecule has 160 valence electrons. The van der Waals surface area contributed by atoms with Crippen molar-refractivity contribution in [1.29, 1.82) is 0 Å². The van der Waals surface area contributed by atoms with Gasteiger partial charge in [0.15, 0.2) is 16.2 Å². The second-order valence-corrected chi connectivity index (χ2v) is 8.88. The lowest BCUT2D eigenvalue weighted by molar-refractivity contribution is -0.153. The maximum atomic E-state index is 13.8. The molecular weight excluding hydrogens is 437 g/mol.